The van der Waals surface area contributed by atoms with Gasteiger partial charge in [0, 0.05) is 18.7 Å². The van der Waals surface area contributed by atoms with Crippen LogP contribution >= 0.6 is 23.7 Å². The van der Waals surface area contributed by atoms with E-state index in [0.717, 1.165) is 15.8 Å². The summed E-state index contributed by atoms with van der Waals surface area (Å²) in [6.07, 6.45) is 0. The van der Waals surface area contributed by atoms with Gasteiger partial charge in [0.2, 0.25) is 0 Å². The van der Waals surface area contributed by atoms with E-state index in [0.29, 0.717) is 29.3 Å². The summed E-state index contributed by atoms with van der Waals surface area (Å²) in [7, 11) is 3.93. The molecule has 0 aliphatic heterocycles. The lowest BCUT2D eigenvalue weighted by Crippen LogP contribution is -2.36. The molecule has 27 heavy (non-hydrogen) atoms. The molecule has 0 atom stereocenters. The van der Waals surface area contributed by atoms with Crippen LogP contribution in [0.1, 0.15) is 21.5 Å². The predicted octanol–water partition coefficient (Wildman–Crippen LogP) is 4.68. The molecule has 4 nitrogen and oxygen atoms in total. The van der Waals surface area contributed by atoms with E-state index in [1.807, 2.05) is 51.0 Å². The van der Waals surface area contributed by atoms with Gasteiger partial charge in [0.05, 0.1) is 10.2 Å². The van der Waals surface area contributed by atoms with Gasteiger partial charge in [-0.1, -0.05) is 28.5 Å². The van der Waals surface area contributed by atoms with E-state index in [-0.39, 0.29) is 24.1 Å². The molecule has 3 rings (SSSR count). The molecule has 0 aliphatic carbocycles. The zero-order valence-electron chi connectivity index (χ0n) is 15.8. The molecule has 0 radical (unpaired) electrons. The van der Waals surface area contributed by atoms with Crippen LogP contribution in [-0.4, -0.2) is 43.0 Å². The van der Waals surface area contributed by atoms with E-state index >= 15 is 0 Å². The Hall–Kier alpha value is -2.02. The molecular weight excluding hydrogens is 385 g/mol. The maximum Gasteiger partial charge on any atom is 0.260 e. The highest BCUT2D eigenvalue weighted by molar-refractivity contribution is 7.22. The molecule has 3 aromatic rings. The molecule has 1 amide bonds. The minimum absolute atomic E-state index is 0. The number of aromatic nitrogens is 1. The number of carbonyl (C=O) groups is 1. The van der Waals surface area contributed by atoms with E-state index in [1.165, 1.54) is 23.5 Å². The zero-order chi connectivity index (χ0) is 18.8. The van der Waals surface area contributed by atoms with Gasteiger partial charge in [-0.25, -0.2) is 9.37 Å². The van der Waals surface area contributed by atoms with E-state index in [9.17, 15) is 9.18 Å². The van der Waals surface area contributed by atoms with Crippen LogP contribution in [0.5, 0.6) is 0 Å². The molecular formula is C20H23ClFN3OS. The monoisotopic (exact) mass is 407 g/mol. The molecule has 0 unspecified atom stereocenters. The molecule has 7 heteroatoms. The fraction of sp³-hybridized carbons (Fsp3) is 0.300. The van der Waals surface area contributed by atoms with Gasteiger partial charge in [0.15, 0.2) is 5.13 Å². The average molecular weight is 408 g/mol. The van der Waals surface area contributed by atoms with Crippen LogP contribution in [0.25, 0.3) is 10.2 Å². The summed E-state index contributed by atoms with van der Waals surface area (Å²) in [6.45, 7) is 5.19. The number of halogens is 2. The summed E-state index contributed by atoms with van der Waals surface area (Å²) in [5, 5.41) is 0.594. The average Bonchev–Trinajstić information content (AvgIpc) is 2.96. The quantitative estimate of drug-likeness (QED) is 0.616. The first-order chi connectivity index (χ1) is 12.3. The highest BCUT2D eigenvalue weighted by Gasteiger charge is 2.22. The lowest BCUT2D eigenvalue weighted by Gasteiger charge is -2.22. The number of carbonyl (C=O) groups excluding carboxylic acids is 1. The van der Waals surface area contributed by atoms with Crippen molar-refractivity contribution in [3.63, 3.8) is 0 Å². The standard InChI is InChI=1S/C20H22FN3OS.ClH/c1-13-9-14(2)11-15(10-13)19(25)24(8-7-23(3)4)20-22-17-6-5-16(21)12-18(17)26-20;/h5-6,9-12H,7-8H2,1-4H3;1H. The van der Waals surface area contributed by atoms with Crippen LogP contribution < -0.4 is 4.90 Å². The molecule has 0 bridgehead atoms. The molecule has 0 aliphatic rings. The summed E-state index contributed by atoms with van der Waals surface area (Å²) in [5.41, 5.74) is 3.45. The molecule has 0 saturated carbocycles. The number of amides is 1. The van der Waals surface area contributed by atoms with Crippen molar-refractivity contribution in [2.24, 2.45) is 0 Å². The number of anilines is 1. The van der Waals surface area contributed by atoms with Gasteiger partial charge in [-0.3, -0.25) is 9.69 Å². The van der Waals surface area contributed by atoms with Crippen LogP contribution in [0.2, 0.25) is 0 Å². The smallest absolute Gasteiger partial charge is 0.260 e. The number of nitrogens with zero attached hydrogens (tertiary/aromatic N) is 3. The molecule has 1 aromatic heterocycles. The molecule has 144 valence electrons. The molecule has 2 aromatic carbocycles. The van der Waals surface area contributed by atoms with E-state index in [2.05, 4.69) is 4.98 Å². The maximum absolute atomic E-state index is 13.5. The summed E-state index contributed by atoms with van der Waals surface area (Å²) >= 11 is 1.34. The number of hydrogen-bond donors (Lipinski definition) is 0. The number of likely N-dealkylation sites (N-methyl/N-ethyl adjacent to an activating group) is 1. The van der Waals surface area contributed by atoms with Crippen molar-refractivity contribution in [3.05, 3.63) is 58.9 Å². The van der Waals surface area contributed by atoms with Crippen molar-refractivity contribution in [1.82, 2.24) is 9.88 Å². The van der Waals surface area contributed by atoms with Gasteiger partial charge in [-0.05, 0) is 58.3 Å². The molecule has 0 fully saturated rings. The van der Waals surface area contributed by atoms with Crippen molar-refractivity contribution in [1.29, 1.82) is 0 Å². The van der Waals surface area contributed by atoms with Gasteiger partial charge >= 0.3 is 0 Å². The first kappa shape index (κ1) is 21.3. The van der Waals surface area contributed by atoms with E-state index < -0.39 is 0 Å². The molecule has 0 saturated heterocycles. The van der Waals surface area contributed by atoms with Gasteiger partial charge in [-0.2, -0.15) is 0 Å². The van der Waals surface area contributed by atoms with Gasteiger partial charge in [-0.15, -0.1) is 12.4 Å². The van der Waals surface area contributed by atoms with Crippen LogP contribution in [0.4, 0.5) is 9.52 Å². The Kier molecular flexibility index (Phi) is 6.92. The minimum Gasteiger partial charge on any atom is -0.308 e. The third kappa shape index (κ3) is 5.03. The van der Waals surface area contributed by atoms with Gasteiger partial charge in [0.25, 0.3) is 5.91 Å². The number of aryl methyl sites for hydroxylation is 2. The highest BCUT2D eigenvalue weighted by atomic mass is 35.5. The minimum atomic E-state index is -0.298. The number of thiazole rings is 1. The molecule has 0 N–H and O–H groups in total. The number of fused-ring (bicyclic) bond motifs is 1. The second-order valence-corrected chi connectivity index (χ2v) is 7.75. The largest absolute Gasteiger partial charge is 0.308 e. The third-order valence-corrected chi connectivity index (χ3v) is 5.10. The number of rotatable bonds is 5. The molecule has 1 heterocycles. The Morgan fingerprint density at radius 3 is 2.37 bits per heavy atom. The summed E-state index contributed by atoms with van der Waals surface area (Å²) in [6, 6.07) is 10.3. The van der Waals surface area contributed by atoms with Gasteiger partial charge < -0.3 is 4.90 Å². The Morgan fingerprint density at radius 1 is 1.07 bits per heavy atom. The summed E-state index contributed by atoms with van der Waals surface area (Å²) in [4.78, 5) is 21.5. The van der Waals surface area contributed by atoms with Crippen LogP contribution in [0.3, 0.4) is 0 Å². The van der Waals surface area contributed by atoms with E-state index in [4.69, 9.17) is 0 Å². The summed E-state index contributed by atoms with van der Waals surface area (Å²) < 4.78 is 14.2. The lowest BCUT2D eigenvalue weighted by atomic mass is 10.1. The normalized spacial score (nSPS) is 10.9. The van der Waals surface area contributed by atoms with Crippen molar-refractivity contribution < 1.29 is 9.18 Å². The van der Waals surface area contributed by atoms with Crippen molar-refractivity contribution in [3.8, 4) is 0 Å². The first-order valence-electron chi connectivity index (χ1n) is 8.44. The van der Waals surface area contributed by atoms with E-state index in [1.54, 1.807) is 11.0 Å². The predicted molar refractivity (Wildman–Crippen MR) is 113 cm³/mol. The van der Waals surface area contributed by atoms with Crippen molar-refractivity contribution >= 4 is 45.0 Å². The first-order valence-corrected chi connectivity index (χ1v) is 9.26. The summed E-state index contributed by atoms with van der Waals surface area (Å²) in [5.74, 6) is -0.383. The third-order valence-electron chi connectivity index (χ3n) is 4.05. The Balaban J connectivity index is 0.00000261. The SMILES string of the molecule is Cc1cc(C)cc(C(=O)N(CCN(C)C)c2nc3ccc(F)cc3s2)c1.Cl. The Morgan fingerprint density at radius 2 is 1.74 bits per heavy atom. The maximum atomic E-state index is 13.5. The fourth-order valence-corrected chi connectivity index (χ4v) is 3.85. The number of benzene rings is 2. The van der Waals surface area contributed by atoms with Crippen LogP contribution in [0, 0.1) is 19.7 Å². The van der Waals surface area contributed by atoms with Crippen molar-refractivity contribution in [2.45, 2.75) is 13.8 Å². The van der Waals surface area contributed by atoms with Crippen LogP contribution in [-0.2, 0) is 0 Å². The zero-order valence-corrected chi connectivity index (χ0v) is 17.5. The highest BCUT2D eigenvalue weighted by Crippen LogP contribution is 2.30. The Labute approximate surface area is 169 Å². The second kappa shape index (κ2) is 8.78. The molecule has 0 spiro atoms. The topological polar surface area (TPSA) is 36.4 Å². The number of hydrogen-bond acceptors (Lipinski definition) is 4. The van der Waals surface area contributed by atoms with Gasteiger partial charge in [0.1, 0.15) is 5.82 Å². The Bertz CT molecular complexity index is 937. The van der Waals surface area contributed by atoms with Crippen LogP contribution in [0.15, 0.2) is 36.4 Å². The van der Waals surface area contributed by atoms with Crippen molar-refractivity contribution in [2.75, 3.05) is 32.1 Å². The fourth-order valence-electron chi connectivity index (χ4n) is 2.84. The second-order valence-electron chi connectivity index (χ2n) is 6.74. The lowest BCUT2D eigenvalue weighted by molar-refractivity contribution is 0.0985.